The lowest BCUT2D eigenvalue weighted by Gasteiger charge is -2.13. The summed E-state index contributed by atoms with van der Waals surface area (Å²) >= 11 is 0. The topological polar surface area (TPSA) is 83.2 Å². The van der Waals surface area contributed by atoms with Crippen LogP contribution in [-0.4, -0.2) is 36.4 Å². The summed E-state index contributed by atoms with van der Waals surface area (Å²) in [7, 11) is 4.00. The molecule has 3 aromatic rings. The van der Waals surface area contributed by atoms with Gasteiger partial charge >= 0.3 is 0 Å². The van der Waals surface area contributed by atoms with Gasteiger partial charge in [-0.1, -0.05) is 24.3 Å². The van der Waals surface area contributed by atoms with Gasteiger partial charge in [0.25, 0.3) is 0 Å². The molecule has 0 radical (unpaired) electrons. The zero-order valence-electron chi connectivity index (χ0n) is 16.9. The standard InChI is InChI=1S/C23H23N5O2/c1-27(2)20-8-3-19(4-9-20)17-28-22(13-15-25-28)26-23(29)12-7-18-5-10-21(11-6-18)30-16-14-24/h3-13,15H,16-17H2,1-2H3,(H,26,29)/b12-7+. The van der Waals surface area contributed by atoms with Crippen molar-refractivity contribution in [2.45, 2.75) is 6.54 Å². The number of hydrogen-bond acceptors (Lipinski definition) is 5. The van der Waals surface area contributed by atoms with Crippen LogP contribution in [0.3, 0.4) is 0 Å². The van der Waals surface area contributed by atoms with Crippen LogP contribution in [0.1, 0.15) is 11.1 Å². The van der Waals surface area contributed by atoms with E-state index in [1.807, 2.05) is 49.3 Å². The number of ether oxygens (including phenoxy) is 1. The molecule has 0 saturated carbocycles. The van der Waals surface area contributed by atoms with Crippen molar-refractivity contribution in [1.82, 2.24) is 9.78 Å². The van der Waals surface area contributed by atoms with Crippen molar-refractivity contribution in [1.29, 1.82) is 5.26 Å². The molecule has 0 fully saturated rings. The highest BCUT2D eigenvalue weighted by molar-refractivity contribution is 6.01. The third-order valence-electron chi connectivity index (χ3n) is 4.36. The molecule has 2 aromatic carbocycles. The van der Waals surface area contributed by atoms with Gasteiger partial charge in [0.2, 0.25) is 5.91 Å². The van der Waals surface area contributed by atoms with Gasteiger partial charge in [-0.25, -0.2) is 4.68 Å². The van der Waals surface area contributed by atoms with Gasteiger partial charge < -0.3 is 15.0 Å². The molecule has 30 heavy (non-hydrogen) atoms. The maximum absolute atomic E-state index is 12.3. The van der Waals surface area contributed by atoms with Gasteiger partial charge in [-0.3, -0.25) is 4.79 Å². The van der Waals surface area contributed by atoms with E-state index in [2.05, 4.69) is 22.5 Å². The third-order valence-corrected chi connectivity index (χ3v) is 4.36. The number of nitrogens with one attached hydrogen (secondary N) is 1. The average molecular weight is 401 g/mol. The smallest absolute Gasteiger partial charge is 0.249 e. The molecule has 0 spiro atoms. The second kappa shape index (κ2) is 9.94. The molecule has 7 heteroatoms. The largest absolute Gasteiger partial charge is 0.479 e. The summed E-state index contributed by atoms with van der Waals surface area (Å²) in [4.78, 5) is 14.4. The zero-order chi connectivity index (χ0) is 21.3. The number of carbonyl (C=O) groups excluding carboxylic acids is 1. The molecule has 0 bridgehead atoms. The number of carbonyl (C=O) groups is 1. The maximum Gasteiger partial charge on any atom is 0.249 e. The molecule has 1 heterocycles. The molecule has 0 unspecified atom stereocenters. The summed E-state index contributed by atoms with van der Waals surface area (Å²) in [5, 5.41) is 15.7. The summed E-state index contributed by atoms with van der Waals surface area (Å²) in [5.41, 5.74) is 3.07. The Bertz CT molecular complexity index is 1040. The van der Waals surface area contributed by atoms with Gasteiger partial charge in [0, 0.05) is 31.9 Å². The summed E-state index contributed by atoms with van der Waals surface area (Å²) < 4.78 is 6.96. The van der Waals surface area contributed by atoms with Crippen molar-refractivity contribution in [2.75, 3.05) is 30.9 Å². The molecule has 3 rings (SSSR count). The van der Waals surface area contributed by atoms with Gasteiger partial charge in [0.15, 0.2) is 6.61 Å². The number of anilines is 2. The van der Waals surface area contributed by atoms with E-state index in [9.17, 15) is 4.79 Å². The normalized spacial score (nSPS) is 10.6. The van der Waals surface area contributed by atoms with E-state index in [1.54, 1.807) is 35.2 Å². The number of nitriles is 1. The van der Waals surface area contributed by atoms with Crippen molar-refractivity contribution in [3.8, 4) is 11.8 Å². The Hall–Kier alpha value is -4.05. The van der Waals surface area contributed by atoms with E-state index in [-0.39, 0.29) is 12.5 Å². The Morgan fingerprint density at radius 1 is 1.17 bits per heavy atom. The van der Waals surface area contributed by atoms with E-state index in [0.717, 1.165) is 16.8 Å². The predicted molar refractivity (Wildman–Crippen MR) is 117 cm³/mol. The summed E-state index contributed by atoms with van der Waals surface area (Å²) in [6, 6.07) is 19.0. The lowest BCUT2D eigenvalue weighted by Crippen LogP contribution is -2.14. The first-order valence-corrected chi connectivity index (χ1v) is 9.42. The molecule has 0 atom stereocenters. The van der Waals surface area contributed by atoms with Crippen LogP contribution in [0.25, 0.3) is 6.08 Å². The van der Waals surface area contributed by atoms with Crippen molar-refractivity contribution < 1.29 is 9.53 Å². The van der Waals surface area contributed by atoms with Crippen molar-refractivity contribution in [3.05, 3.63) is 78.0 Å². The Kier molecular flexibility index (Phi) is 6.85. The highest BCUT2D eigenvalue weighted by Crippen LogP contribution is 2.16. The molecule has 0 aliphatic rings. The SMILES string of the molecule is CN(C)c1ccc(Cn2nccc2NC(=O)/C=C/c2ccc(OCC#N)cc2)cc1. The zero-order valence-corrected chi connectivity index (χ0v) is 16.9. The van der Waals surface area contributed by atoms with Crippen LogP contribution < -0.4 is 15.0 Å². The molecule has 1 aromatic heterocycles. The van der Waals surface area contributed by atoms with E-state index in [1.165, 1.54) is 6.08 Å². The minimum Gasteiger partial charge on any atom is -0.479 e. The van der Waals surface area contributed by atoms with Gasteiger partial charge in [0.05, 0.1) is 12.7 Å². The first-order chi connectivity index (χ1) is 14.5. The van der Waals surface area contributed by atoms with E-state index in [0.29, 0.717) is 18.1 Å². The van der Waals surface area contributed by atoms with E-state index < -0.39 is 0 Å². The Balaban J connectivity index is 1.59. The van der Waals surface area contributed by atoms with Crippen molar-refractivity contribution in [2.24, 2.45) is 0 Å². The molecule has 1 N–H and O–H groups in total. The highest BCUT2D eigenvalue weighted by atomic mass is 16.5. The lowest BCUT2D eigenvalue weighted by molar-refractivity contribution is -0.111. The Morgan fingerprint density at radius 3 is 2.57 bits per heavy atom. The average Bonchev–Trinajstić information content (AvgIpc) is 3.18. The number of aromatic nitrogens is 2. The molecule has 7 nitrogen and oxygen atoms in total. The molecule has 0 aliphatic heterocycles. The Labute approximate surface area is 175 Å². The van der Waals surface area contributed by atoms with E-state index in [4.69, 9.17) is 10.00 Å². The fourth-order valence-electron chi connectivity index (χ4n) is 2.77. The number of rotatable bonds is 8. The van der Waals surface area contributed by atoms with Crippen molar-refractivity contribution in [3.63, 3.8) is 0 Å². The molecule has 0 aliphatic carbocycles. The summed E-state index contributed by atoms with van der Waals surface area (Å²) in [6.07, 6.45) is 4.84. The third kappa shape index (κ3) is 5.72. The van der Waals surface area contributed by atoms with Crippen molar-refractivity contribution >= 4 is 23.5 Å². The van der Waals surface area contributed by atoms with Crippen LogP contribution in [0.4, 0.5) is 11.5 Å². The molecule has 0 saturated heterocycles. The molecular weight excluding hydrogens is 378 g/mol. The minimum absolute atomic E-state index is 0.00503. The second-order valence-corrected chi connectivity index (χ2v) is 6.77. The summed E-state index contributed by atoms with van der Waals surface area (Å²) in [5.74, 6) is 0.992. The molecule has 152 valence electrons. The maximum atomic E-state index is 12.3. The number of nitrogens with zero attached hydrogens (tertiary/aromatic N) is 4. The van der Waals surface area contributed by atoms with Crippen LogP contribution in [0.15, 0.2) is 66.9 Å². The lowest BCUT2D eigenvalue weighted by atomic mass is 10.2. The minimum atomic E-state index is -0.246. The number of amides is 1. The van der Waals surface area contributed by atoms with Gasteiger partial charge in [-0.15, -0.1) is 0 Å². The van der Waals surface area contributed by atoms with Crippen LogP contribution >= 0.6 is 0 Å². The summed E-state index contributed by atoms with van der Waals surface area (Å²) in [6.45, 7) is 0.565. The van der Waals surface area contributed by atoms with Crippen LogP contribution in [0.2, 0.25) is 0 Å². The first-order valence-electron chi connectivity index (χ1n) is 9.42. The van der Waals surface area contributed by atoms with Crippen LogP contribution in [0, 0.1) is 11.3 Å². The highest BCUT2D eigenvalue weighted by Gasteiger charge is 2.06. The quantitative estimate of drug-likeness (QED) is 0.584. The second-order valence-electron chi connectivity index (χ2n) is 6.77. The Morgan fingerprint density at radius 2 is 1.90 bits per heavy atom. The van der Waals surface area contributed by atoms with Gasteiger partial charge in [-0.05, 0) is 41.5 Å². The van der Waals surface area contributed by atoms with Gasteiger partial charge in [-0.2, -0.15) is 10.4 Å². The number of hydrogen-bond donors (Lipinski definition) is 1. The number of benzene rings is 2. The molecular formula is C23H23N5O2. The molecule has 1 amide bonds. The van der Waals surface area contributed by atoms with Crippen LogP contribution in [0.5, 0.6) is 5.75 Å². The monoisotopic (exact) mass is 401 g/mol. The van der Waals surface area contributed by atoms with E-state index >= 15 is 0 Å². The first kappa shape index (κ1) is 20.7. The fourth-order valence-corrected chi connectivity index (χ4v) is 2.77. The van der Waals surface area contributed by atoms with Gasteiger partial charge in [0.1, 0.15) is 17.6 Å². The van der Waals surface area contributed by atoms with Crippen LogP contribution in [-0.2, 0) is 11.3 Å². The fraction of sp³-hybridized carbons (Fsp3) is 0.174. The predicted octanol–water partition coefficient (Wildman–Crippen LogP) is 3.55.